The van der Waals surface area contributed by atoms with Crippen molar-refractivity contribution in [2.75, 3.05) is 0 Å². The summed E-state index contributed by atoms with van der Waals surface area (Å²) in [5.74, 6) is 1.47. The van der Waals surface area contributed by atoms with Crippen LogP contribution in [0.2, 0.25) is 0 Å². The predicted molar refractivity (Wildman–Crippen MR) is 62.3 cm³/mol. The summed E-state index contributed by atoms with van der Waals surface area (Å²) in [5, 5.41) is 24.9. The first-order valence-electron chi connectivity index (χ1n) is 5.78. The van der Waals surface area contributed by atoms with Crippen molar-refractivity contribution < 1.29 is 5.21 Å². The van der Waals surface area contributed by atoms with E-state index in [1.165, 1.54) is 0 Å². The van der Waals surface area contributed by atoms with E-state index in [0.29, 0.717) is 5.82 Å². The van der Waals surface area contributed by atoms with Crippen molar-refractivity contribution in [1.29, 1.82) is 0 Å². The summed E-state index contributed by atoms with van der Waals surface area (Å²) in [4.78, 5) is 0. The number of rotatable bonds is 1. The van der Waals surface area contributed by atoms with E-state index in [4.69, 9.17) is 0 Å². The molecule has 0 spiro atoms. The molecule has 17 heavy (non-hydrogen) atoms. The summed E-state index contributed by atoms with van der Waals surface area (Å²) in [6, 6.07) is 0. The van der Waals surface area contributed by atoms with Crippen molar-refractivity contribution in [2.45, 2.75) is 51.9 Å². The van der Waals surface area contributed by atoms with Gasteiger partial charge in [0.25, 0.3) is 0 Å². The molecule has 6 heteroatoms. The fraction of sp³-hybridized carbons (Fsp3) is 0.818. The van der Waals surface area contributed by atoms with Crippen molar-refractivity contribution in [3.05, 3.63) is 11.6 Å². The zero-order chi connectivity index (χ0) is 13.0. The van der Waals surface area contributed by atoms with E-state index >= 15 is 0 Å². The maximum atomic E-state index is 12.4. The van der Waals surface area contributed by atoms with Crippen LogP contribution in [0.3, 0.4) is 0 Å². The highest BCUT2D eigenvalue weighted by molar-refractivity contribution is 5.12. The van der Waals surface area contributed by atoms with E-state index < -0.39 is 11.7 Å². The molecular weight excluding hydrogens is 218 g/mol. The van der Waals surface area contributed by atoms with E-state index in [1.54, 1.807) is 0 Å². The van der Waals surface area contributed by atoms with Crippen LogP contribution in [0.5, 0.6) is 0 Å². The molecule has 1 unspecified atom stereocenters. The summed E-state index contributed by atoms with van der Waals surface area (Å²) in [6.45, 7) is 9.81. The van der Waals surface area contributed by atoms with Crippen molar-refractivity contribution in [2.24, 2.45) is 7.05 Å². The standard InChI is InChI=1S/C11H20N5O/c1-7-13-14-9(15(7)6)8-12-10(2,3)11(4,5)16(8)17/h8,12H,1-6H3. The van der Waals surface area contributed by atoms with Gasteiger partial charge in [-0.3, -0.25) is 5.32 Å². The Bertz CT molecular complexity index is 437. The van der Waals surface area contributed by atoms with Gasteiger partial charge in [-0.1, -0.05) is 0 Å². The molecule has 1 aromatic rings. The number of nitrogens with zero attached hydrogens (tertiary/aromatic N) is 4. The van der Waals surface area contributed by atoms with Crippen molar-refractivity contribution in [3.63, 3.8) is 0 Å². The molecule has 0 aromatic carbocycles. The first kappa shape index (κ1) is 12.5. The van der Waals surface area contributed by atoms with Crippen LogP contribution in [0.4, 0.5) is 0 Å². The zero-order valence-electron chi connectivity index (χ0n) is 11.3. The van der Waals surface area contributed by atoms with Gasteiger partial charge in [-0.05, 0) is 34.6 Å². The van der Waals surface area contributed by atoms with Gasteiger partial charge in [0.15, 0.2) is 5.82 Å². The lowest BCUT2D eigenvalue weighted by atomic mass is 9.84. The molecule has 1 aromatic heterocycles. The van der Waals surface area contributed by atoms with E-state index in [2.05, 4.69) is 15.5 Å². The van der Waals surface area contributed by atoms with Gasteiger partial charge >= 0.3 is 0 Å². The van der Waals surface area contributed by atoms with E-state index in [0.717, 1.165) is 10.9 Å². The average molecular weight is 238 g/mol. The normalized spacial score (nSPS) is 27.6. The zero-order valence-corrected chi connectivity index (χ0v) is 11.3. The lowest BCUT2D eigenvalue weighted by Crippen LogP contribution is -2.51. The maximum absolute atomic E-state index is 12.4. The van der Waals surface area contributed by atoms with Crippen LogP contribution >= 0.6 is 0 Å². The van der Waals surface area contributed by atoms with Gasteiger partial charge in [0.2, 0.25) is 0 Å². The van der Waals surface area contributed by atoms with Crippen molar-refractivity contribution >= 4 is 0 Å². The molecule has 1 radical (unpaired) electrons. The van der Waals surface area contributed by atoms with E-state index in [1.807, 2.05) is 46.2 Å². The Morgan fingerprint density at radius 1 is 1.24 bits per heavy atom. The molecule has 1 atom stereocenters. The van der Waals surface area contributed by atoms with Crippen LogP contribution in [0.1, 0.15) is 45.5 Å². The van der Waals surface area contributed by atoms with Gasteiger partial charge in [-0.15, -0.1) is 20.5 Å². The number of aryl methyl sites for hydroxylation is 1. The first-order valence-corrected chi connectivity index (χ1v) is 5.78. The monoisotopic (exact) mass is 238 g/mol. The molecule has 2 rings (SSSR count). The fourth-order valence-electron chi connectivity index (χ4n) is 2.01. The highest BCUT2D eigenvalue weighted by Gasteiger charge is 2.54. The highest BCUT2D eigenvalue weighted by atomic mass is 16.5. The predicted octanol–water partition coefficient (Wildman–Crippen LogP) is 0.930. The summed E-state index contributed by atoms with van der Waals surface area (Å²) in [7, 11) is 1.87. The topological polar surface area (TPSA) is 65.9 Å². The summed E-state index contributed by atoms with van der Waals surface area (Å²) in [5.41, 5.74) is -0.767. The Morgan fingerprint density at radius 3 is 2.18 bits per heavy atom. The molecule has 2 heterocycles. The molecule has 0 amide bonds. The minimum atomic E-state index is -0.489. The Kier molecular flexibility index (Phi) is 2.57. The van der Waals surface area contributed by atoms with Gasteiger partial charge in [0, 0.05) is 12.6 Å². The van der Waals surface area contributed by atoms with Crippen LogP contribution in [-0.4, -0.2) is 30.9 Å². The Balaban J connectivity index is 2.41. The first-order chi connectivity index (χ1) is 7.68. The molecule has 0 saturated carbocycles. The molecule has 1 N–H and O–H groups in total. The minimum Gasteiger partial charge on any atom is -0.316 e. The third-order valence-electron chi connectivity index (χ3n) is 4.18. The van der Waals surface area contributed by atoms with Gasteiger partial charge < -0.3 is 4.57 Å². The minimum absolute atomic E-state index is 0.279. The lowest BCUT2D eigenvalue weighted by Gasteiger charge is -2.35. The second-order valence-electron chi connectivity index (χ2n) is 5.72. The van der Waals surface area contributed by atoms with Gasteiger partial charge in [0.1, 0.15) is 12.0 Å². The quantitative estimate of drug-likeness (QED) is 0.790. The molecule has 0 bridgehead atoms. The summed E-state index contributed by atoms with van der Waals surface area (Å²) < 4.78 is 1.85. The van der Waals surface area contributed by atoms with Crippen LogP contribution in [0.15, 0.2) is 0 Å². The van der Waals surface area contributed by atoms with Gasteiger partial charge in [-0.25, -0.2) is 0 Å². The third kappa shape index (κ3) is 1.59. The second kappa shape index (κ2) is 3.51. The molecule has 1 aliphatic rings. The SMILES string of the molecule is Cc1nnc(C2NC(C)(C)C(C)(C)N2[O])n1C. The maximum Gasteiger partial charge on any atom is 0.167 e. The Morgan fingerprint density at radius 2 is 1.82 bits per heavy atom. The van der Waals surface area contributed by atoms with Crippen molar-refractivity contribution in [3.8, 4) is 0 Å². The lowest BCUT2D eigenvalue weighted by molar-refractivity contribution is -0.230. The van der Waals surface area contributed by atoms with Crippen LogP contribution in [0, 0.1) is 6.92 Å². The third-order valence-corrected chi connectivity index (χ3v) is 4.18. The number of nitrogens with one attached hydrogen (secondary N) is 1. The number of aromatic nitrogens is 3. The van der Waals surface area contributed by atoms with Crippen LogP contribution in [0.25, 0.3) is 0 Å². The van der Waals surface area contributed by atoms with Crippen LogP contribution < -0.4 is 5.32 Å². The highest BCUT2D eigenvalue weighted by Crippen LogP contribution is 2.40. The molecular formula is C11H20N5O. The molecule has 1 saturated heterocycles. The summed E-state index contributed by atoms with van der Waals surface area (Å²) in [6.07, 6.45) is -0.439. The largest absolute Gasteiger partial charge is 0.316 e. The molecule has 1 fully saturated rings. The Hall–Kier alpha value is -0.980. The number of hydrogen-bond acceptors (Lipinski definition) is 4. The van der Waals surface area contributed by atoms with Gasteiger partial charge in [-0.2, -0.15) is 0 Å². The van der Waals surface area contributed by atoms with Gasteiger partial charge in [0.05, 0.1) is 5.54 Å². The molecule has 6 nitrogen and oxygen atoms in total. The average Bonchev–Trinajstić information content (AvgIpc) is 2.61. The smallest absolute Gasteiger partial charge is 0.167 e. The fourth-order valence-corrected chi connectivity index (χ4v) is 2.01. The Labute approximate surface area is 102 Å². The molecule has 95 valence electrons. The molecule has 0 aliphatic carbocycles. The molecule has 1 aliphatic heterocycles. The second-order valence-corrected chi connectivity index (χ2v) is 5.72. The van der Waals surface area contributed by atoms with E-state index in [-0.39, 0.29) is 5.54 Å². The van der Waals surface area contributed by atoms with Crippen molar-refractivity contribution in [1.82, 2.24) is 25.1 Å². The number of hydrogen-bond donors (Lipinski definition) is 1. The number of hydroxylamine groups is 2. The van der Waals surface area contributed by atoms with Crippen LogP contribution in [-0.2, 0) is 12.3 Å². The van der Waals surface area contributed by atoms with E-state index in [9.17, 15) is 5.21 Å². The summed E-state index contributed by atoms with van der Waals surface area (Å²) >= 11 is 0.